The summed E-state index contributed by atoms with van der Waals surface area (Å²) >= 11 is 0. The van der Waals surface area contributed by atoms with Crippen LogP contribution in [0.2, 0.25) is 0 Å². The minimum absolute atomic E-state index is 0.0173. The van der Waals surface area contributed by atoms with Crippen LogP contribution in [0.1, 0.15) is 57.9 Å². The largest absolute Gasteiger partial charge is 0.456 e. The molecule has 1 saturated heterocycles. The van der Waals surface area contributed by atoms with Gasteiger partial charge in [-0.25, -0.2) is 4.98 Å². The van der Waals surface area contributed by atoms with E-state index in [2.05, 4.69) is 27.8 Å². The van der Waals surface area contributed by atoms with Gasteiger partial charge >= 0.3 is 12.0 Å². The smallest absolute Gasteiger partial charge is 0.312 e. The van der Waals surface area contributed by atoms with Crippen molar-refractivity contribution >= 4 is 23.0 Å². The monoisotopic (exact) mass is 459 g/mol. The molecule has 2 aliphatic rings. The van der Waals surface area contributed by atoms with Crippen LogP contribution in [0.5, 0.6) is 0 Å². The first kappa shape index (κ1) is 23.4. The number of hydrogen-bond acceptors (Lipinski definition) is 8. The van der Waals surface area contributed by atoms with Crippen LogP contribution in [0.3, 0.4) is 0 Å². The van der Waals surface area contributed by atoms with E-state index in [-0.39, 0.29) is 35.5 Å². The van der Waals surface area contributed by atoms with Crippen LogP contribution in [0.4, 0.5) is 10.2 Å². The molecule has 0 unspecified atom stereocenters. The average Bonchev–Trinajstić information content (AvgIpc) is 3.39. The van der Waals surface area contributed by atoms with Crippen molar-refractivity contribution in [2.75, 3.05) is 18.9 Å². The van der Waals surface area contributed by atoms with Crippen LogP contribution in [-0.4, -0.2) is 55.5 Å². The third kappa shape index (κ3) is 4.39. The molecule has 0 bridgehead atoms. The summed E-state index contributed by atoms with van der Waals surface area (Å²) in [7, 11) is 0. The fourth-order valence-electron chi connectivity index (χ4n) is 4.97. The zero-order valence-corrected chi connectivity index (χ0v) is 18.7. The minimum atomic E-state index is -1.52. The first-order valence-electron chi connectivity index (χ1n) is 11.5. The molecule has 2 fully saturated rings. The Kier molecular flexibility index (Phi) is 6.81. The summed E-state index contributed by atoms with van der Waals surface area (Å²) in [6, 6.07) is -0.670. The van der Waals surface area contributed by atoms with Crippen molar-refractivity contribution in [3.8, 4) is 12.3 Å². The second-order valence-corrected chi connectivity index (χ2v) is 8.99. The van der Waals surface area contributed by atoms with Crippen molar-refractivity contribution in [3.63, 3.8) is 0 Å². The van der Waals surface area contributed by atoms with Gasteiger partial charge < -0.3 is 24.9 Å². The number of nitrogen functional groups attached to an aromatic ring is 1. The highest BCUT2D eigenvalue weighted by atomic mass is 19.1. The minimum Gasteiger partial charge on any atom is -0.456 e. The van der Waals surface area contributed by atoms with E-state index in [0.717, 1.165) is 25.7 Å². The van der Waals surface area contributed by atoms with E-state index in [4.69, 9.17) is 21.6 Å². The quantitative estimate of drug-likeness (QED) is 0.367. The van der Waals surface area contributed by atoms with Gasteiger partial charge in [-0.3, -0.25) is 4.79 Å². The molecule has 9 nitrogen and oxygen atoms in total. The number of esters is 1. The number of aromatic nitrogens is 4. The summed E-state index contributed by atoms with van der Waals surface area (Å²) in [5.74, 6) is 2.42. The molecule has 0 aromatic carbocycles. The number of aliphatic hydroxyl groups is 1. The third-order valence-corrected chi connectivity index (χ3v) is 6.97. The lowest BCUT2D eigenvalue weighted by Crippen LogP contribution is -2.47. The fraction of sp³-hybridized carbons (Fsp3) is 0.652. The van der Waals surface area contributed by atoms with Gasteiger partial charge in [-0.05, 0) is 31.6 Å². The van der Waals surface area contributed by atoms with Crippen molar-refractivity contribution < 1.29 is 23.8 Å². The number of fused-ring (bicyclic) bond motifs is 1. The van der Waals surface area contributed by atoms with Crippen LogP contribution >= 0.6 is 0 Å². The molecular formula is C23H30FN5O4. The number of unbranched alkanes of at least 4 members (excludes halogenated alkanes) is 1. The Morgan fingerprint density at radius 3 is 2.85 bits per heavy atom. The highest BCUT2D eigenvalue weighted by molar-refractivity contribution is 5.81. The Morgan fingerprint density at radius 2 is 2.18 bits per heavy atom. The maximum absolute atomic E-state index is 13.9. The number of carbonyl (C=O) groups excluding carboxylic acids is 1. The second-order valence-electron chi connectivity index (χ2n) is 8.99. The van der Waals surface area contributed by atoms with Crippen molar-refractivity contribution in [2.45, 2.75) is 69.6 Å². The number of carbonyl (C=O) groups is 1. The number of rotatable bonds is 7. The topological polar surface area (TPSA) is 125 Å². The first-order valence-corrected chi connectivity index (χ1v) is 11.5. The molecule has 1 aliphatic heterocycles. The molecule has 0 amide bonds. The van der Waals surface area contributed by atoms with E-state index in [1.165, 1.54) is 30.2 Å². The van der Waals surface area contributed by atoms with Crippen molar-refractivity contribution in [1.29, 1.82) is 0 Å². The van der Waals surface area contributed by atoms with Gasteiger partial charge in [0.2, 0.25) is 0 Å². The standard InChI is InChI=1S/C23H30FN5O4/c1-3-5-6-14-7-9-15(10-8-14)21(31)33-18-16(11-32-23(18,4-2)12-30)29-13-26-17-19(25)27-22(24)28-20(17)29/h2,13-16,18,30H,3,5-12H2,1H3,(H2,25,27,28)/t14?,15?,16-,18+,23-/m1/s1. The molecule has 3 atom stereocenters. The summed E-state index contributed by atoms with van der Waals surface area (Å²) in [4.78, 5) is 24.6. The van der Waals surface area contributed by atoms with E-state index >= 15 is 0 Å². The van der Waals surface area contributed by atoms with Gasteiger partial charge in [0, 0.05) is 0 Å². The van der Waals surface area contributed by atoms with Crippen molar-refractivity contribution in [2.24, 2.45) is 11.8 Å². The molecule has 0 radical (unpaired) electrons. The number of hydrogen-bond donors (Lipinski definition) is 2. The number of terminal acetylenes is 1. The highest BCUT2D eigenvalue weighted by Gasteiger charge is 2.53. The molecule has 4 rings (SSSR count). The maximum atomic E-state index is 13.9. The summed E-state index contributed by atoms with van der Waals surface area (Å²) in [5, 5.41) is 10.1. The average molecular weight is 460 g/mol. The molecule has 178 valence electrons. The molecule has 33 heavy (non-hydrogen) atoms. The van der Waals surface area contributed by atoms with E-state index in [1.807, 2.05) is 0 Å². The van der Waals surface area contributed by atoms with Gasteiger partial charge in [-0.1, -0.05) is 32.1 Å². The molecule has 3 heterocycles. The van der Waals surface area contributed by atoms with Gasteiger partial charge in [0.05, 0.1) is 25.5 Å². The van der Waals surface area contributed by atoms with E-state index < -0.39 is 30.4 Å². The van der Waals surface area contributed by atoms with E-state index in [9.17, 15) is 14.3 Å². The Hall–Kier alpha value is -2.77. The van der Waals surface area contributed by atoms with E-state index in [1.54, 1.807) is 0 Å². The zero-order chi connectivity index (χ0) is 23.6. The zero-order valence-electron chi connectivity index (χ0n) is 18.7. The summed E-state index contributed by atoms with van der Waals surface area (Å²) in [5.41, 5.74) is 4.60. The van der Waals surface area contributed by atoms with Crippen molar-refractivity contribution in [3.05, 3.63) is 12.4 Å². The SMILES string of the molecule is C#C[C@]1(CO)OC[C@@H](n2cnc3c(N)nc(F)nc32)[C@@H]1OC(=O)C1CCC(CCCC)CC1. The number of nitrogens with two attached hydrogens (primary N) is 1. The predicted molar refractivity (Wildman–Crippen MR) is 118 cm³/mol. The molecular weight excluding hydrogens is 429 g/mol. The number of anilines is 1. The second kappa shape index (κ2) is 9.61. The third-order valence-electron chi connectivity index (χ3n) is 6.97. The summed E-state index contributed by atoms with van der Waals surface area (Å²) in [6.45, 7) is 1.66. The summed E-state index contributed by atoms with van der Waals surface area (Å²) < 4.78 is 27.1. The van der Waals surface area contributed by atoms with Crippen LogP contribution in [0.25, 0.3) is 11.2 Å². The first-order chi connectivity index (χ1) is 15.9. The lowest BCUT2D eigenvalue weighted by molar-refractivity contribution is -0.164. The van der Waals surface area contributed by atoms with Gasteiger partial charge in [-0.2, -0.15) is 14.4 Å². The number of nitrogens with zero attached hydrogens (tertiary/aromatic N) is 4. The predicted octanol–water partition coefficient (Wildman–Crippen LogP) is 2.39. The maximum Gasteiger partial charge on any atom is 0.312 e. The van der Waals surface area contributed by atoms with Crippen LogP contribution in [0.15, 0.2) is 6.33 Å². The molecule has 1 saturated carbocycles. The Labute approximate surface area is 191 Å². The molecule has 3 N–H and O–H groups in total. The Morgan fingerprint density at radius 1 is 1.42 bits per heavy atom. The van der Waals surface area contributed by atoms with Gasteiger partial charge in [0.1, 0.15) is 11.6 Å². The van der Waals surface area contributed by atoms with Crippen LogP contribution in [-0.2, 0) is 14.3 Å². The number of ether oxygens (including phenoxy) is 2. The Bertz CT molecular complexity index is 1050. The number of imidazole rings is 1. The van der Waals surface area contributed by atoms with E-state index in [0.29, 0.717) is 5.92 Å². The van der Waals surface area contributed by atoms with Crippen molar-refractivity contribution in [1.82, 2.24) is 19.5 Å². The highest BCUT2D eigenvalue weighted by Crippen LogP contribution is 2.39. The van der Waals surface area contributed by atoms with Gasteiger partial charge in [0.15, 0.2) is 23.2 Å². The van der Waals surface area contributed by atoms with Gasteiger partial charge in [0.25, 0.3) is 0 Å². The van der Waals surface area contributed by atoms with Gasteiger partial charge in [-0.15, -0.1) is 6.42 Å². The lowest BCUT2D eigenvalue weighted by Gasteiger charge is -2.32. The molecule has 2 aromatic heterocycles. The fourth-order valence-corrected chi connectivity index (χ4v) is 4.97. The molecule has 1 aliphatic carbocycles. The normalized spacial score (nSPS) is 29.8. The van der Waals surface area contributed by atoms with Crippen LogP contribution < -0.4 is 5.73 Å². The Balaban J connectivity index is 1.56. The summed E-state index contributed by atoms with van der Waals surface area (Å²) in [6.07, 6.45) is 12.2. The molecule has 2 aromatic rings. The lowest BCUT2D eigenvalue weighted by atomic mass is 9.80. The van der Waals surface area contributed by atoms with Crippen LogP contribution in [0, 0.1) is 30.3 Å². The molecule has 10 heteroatoms. The number of aliphatic hydroxyl groups excluding tert-OH is 1. The molecule has 0 spiro atoms. The number of halogens is 1.